The zero-order valence-corrected chi connectivity index (χ0v) is 9.01. The van der Waals surface area contributed by atoms with E-state index in [1.165, 1.54) is 0 Å². The van der Waals surface area contributed by atoms with Crippen LogP contribution in [0.3, 0.4) is 0 Å². The summed E-state index contributed by atoms with van der Waals surface area (Å²) in [6.45, 7) is 0.743. The number of rotatable bonds is 5. The second kappa shape index (κ2) is 6.33. The smallest absolute Gasteiger partial charge is 0.119 e. The Morgan fingerprint density at radius 3 is 2.64 bits per heavy atom. The molecular formula is C11H13NOS. The molecule has 0 radical (unpaired) electrons. The van der Waals surface area contributed by atoms with Gasteiger partial charge in [0, 0.05) is 0 Å². The fourth-order valence-corrected chi connectivity index (χ4v) is 1.43. The van der Waals surface area contributed by atoms with E-state index in [1.54, 1.807) is 12.1 Å². The molecule has 3 heteroatoms. The SMILES string of the molecule is CSCCCOc1ccc(C#N)cc1. The Morgan fingerprint density at radius 1 is 1.36 bits per heavy atom. The third-order valence-corrected chi connectivity index (χ3v) is 2.44. The Balaban J connectivity index is 2.33. The van der Waals surface area contributed by atoms with Gasteiger partial charge >= 0.3 is 0 Å². The number of nitriles is 1. The van der Waals surface area contributed by atoms with E-state index >= 15 is 0 Å². The van der Waals surface area contributed by atoms with Gasteiger partial charge in [-0.2, -0.15) is 17.0 Å². The first-order chi connectivity index (χ1) is 6.86. The van der Waals surface area contributed by atoms with Crippen molar-refractivity contribution in [2.45, 2.75) is 6.42 Å². The molecular weight excluding hydrogens is 194 g/mol. The molecule has 14 heavy (non-hydrogen) atoms. The molecule has 1 aromatic carbocycles. The molecule has 0 amide bonds. The Morgan fingerprint density at radius 2 is 2.07 bits per heavy atom. The minimum atomic E-state index is 0.668. The maximum atomic E-state index is 8.58. The molecule has 74 valence electrons. The topological polar surface area (TPSA) is 33.0 Å². The molecule has 1 aromatic rings. The minimum absolute atomic E-state index is 0.668. The van der Waals surface area contributed by atoms with E-state index in [2.05, 4.69) is 12.3 Å². The maximum Gasteiger partial charge on any atom is 0.119 e. The molecule has 0 saturated heterocycles. The van der Waals surface area contributed by atoms with E-state index in [-0.39, 0.29) is 0 Å². The summed E-state index contributed by atoms with van der Waals surface area (Å²) in [5.41, 5.74) is 0.668. The van der Waals surface area contributed by atoms with Crippen LogP contribution in [0.2, 0.25) is 0 Å². The maximum absolute atomic E-state index is 8.58. The average molecular weight is 207 g/mol. The summed E-state index contributed by atoms with van der Waals surface area (Å²) >= 11 is 1.82. The predicted molar refractivity (Wildman–Crippen MR) is 59.7 cm³/mol. The van der Waals surface area contributed by atoms with Gasteiger partial charge in [-0.1, -0.05) is 0 Å². The van der Waals surface area contributed by atoms with Crippen LogP contribution >= 0.6 is 11.8 Å². The first kappa shape index (κ1) is 10.9. The molecule has 0 aliphatic carbocycles. The Bertz CT molecular complexity index is 302. The van der Waals surface area contributed by atoms with Crippen molar-refractivity contribution in [1.29, 1.82) is 5.26 Å². The van der Waals surface area contributed by atoms with Crippen LogP contribution in [-0.2, 0) is 0 Å². The van der Waals surface area contributed by atoms with Crippen molar-refractivity contribution < 1.29 is 4.74 Å². The molecule has 0 fully saturated rings. The van der Waals surface area contributed by atoms with Gasteiger partial charge in [-0.25, -0.2) is 0 Å². The number of ether oxygens (including phenoxy) is 1. The Labute approximate surface area is 88.9 Å². The lowest BCUT2D eigenvalue weighted by Gasteiger charge is -2.04. The summed E-state index contributed by atoms with van der Waals surface area (Å²) in [6, 6.07) is 9.27. The third kappa shape index (κ3) is 3.71. The van der Waals surface area contributed by atoms with Crippen LogP contribution in [0.1, 0.15) is 12.0 Å². The van der Waals surface area contributed by atoms with E-state index in [0.717, 1.165) is 24.5 Å². The van der Waals surface area contributed by atoms with Gasteiger partial charge in [-0.3, -0.25) is 0 Å². The largest absolute Gasteiger partial charge is 0.494 e. The zero-order chi connectivity index (χ0) is 10.2. The lowest BCUT2D eigenvalue weighted by molar-refractivity contribution is 0.319. The van der Waals surface area contributed by atoms with Gasteiger partial charge in [0.2, 0.25) is 0 Å². The molecule has 0 aromatic heterocycles. The molecule has 0 heterocycles. The molecule has 0 aliphatic rings. The molecule has 0 bridgehead atoms. The van der Waals surface area contributed by atoms with Crippen molar-refractivity contribution in [2.75, 3.05) is 18.6 Å². The highest BCUT2D eigenvalue weighted by atomic mass is 32.2. The van der Waals surface area contributed by atoms with Crippen molar-refractivity contribution in [3.8, 4) is 11.8 Å². The van der Waals surface area contributed by atoms with Gasteiger partial charge < -0.3 is 4.74 Å². The van der Waals surface area contributed by atoms with Crippen molar-refractivity contribution in [1.82, 2.24) is 0 Å². The van der Waals surface area contributed by atoms with Crippen LogP contribution in [0.5, 0.6) is 5.75 Å². The van der Waals surface area contributed by atoms with E-state index in [9.17, 15) is 0 Å². The van der Waals surface area contributed by atoms with Crippen LogP contribution in [0.15, 0.2) is 24.3 Å². The molecule has 1 rings (SSSR count). The van der Waals surface area contributed by atoms with Crippen molar-refractivity contribution >= 4 is 11.8 Å². The molecule has 0 atom stereocenters. The van der Waals surface area contributed by atoms with Crippen molar-refractivity contribution in [2.24, 2.45) is 0 Å². The quantitative estimate of drug-likeness (QED) is 0.696. The van der Waals surface area contributed by atoms with E-state index in [1.807, 2.05) is 23.9 Å². The highest BCUT2D eigenvalue weighted by Gasteiger charge is 1.94. The normalized spacial score (nSPS) is 9.43. The molecule has 0 unspecified atom stereocenters. The fraction of sp³-hybridized carbons (Fsp3) is 0.364. The van der Waals surface area contributed by atoms with Gasteiger partial charge in [0.05, 0.1) is 18.2 Å². The molecule has 2 nitrogen and oxygen atoms in total. The third-order valence-electron chi connectivity index (χ3n) is 1.74. The second-order valence-electron chi connectivity index (χ2n) is 2.83. The number of hydrogen-bond donors (Lipinski definition) is 0. The number of benzene rings is 1. The summed E-state index contributed by atoms with van der Waals surface area (Å²) < 4.78 is 5.48. The van der Waals surface area contributed by atoms with Gasteiger partial charge in [0.25, 0.3) is 0 Å². The standard InChI is InChI=1S/C11H13NOS/c1-14-8-2-7-13-11-5-3-10(9-12)4-6-11/h3-6H,2,7-8H2,1H3. The van der Waals surface area contributed by atoms with Crippen LogP contribution in [0, 0.1) is 11.3 Å². The molecule has 0 spiro atoms. The zero-order valence-electron chi connectivity index (χ0n) is 8.19. The van der Waals surface area contributed by atoms with Crippen LogP contribution < -0.4 is 4.74 Å². The summed E-state index contributed by atoms with van der Waals surface area (Å²) in [5, 5.41) is 8.58. The summed E-state index contributed by atoms with van der Waals surface area (Å²) in [4.78, 5) is 0. The van der Waals surface area contributed by atoms with E-state index in [0.29, 0.717) is 5.56 Å². The molecule has 0 N–H and O–H groups in total. The number of nitrogens with zero attached hydrogens (tertiary/aromatic N) is 1. The first-order valence-electron chi connectivity index (χ1n) is 4.48. The summed E-state index contributed by atoms with van der Waals surface area (Å²) in [6.07, 6.45) is 3.14. The van der Waals surface area contributed by atoms with Gasteiger partial charge in [0.1, 0.15) is 5.75 Å². The first-order valence-corrected chi connectivity index (χ1v) is 5.88. The predicted octanol–water partition coefficient (Wildman–Crippen LogP) is 2.69. The summed E-state index contributed by atoms with van der Waals surface area (Å²) in [5.74, 6) is 1.96. The van der Waals surface area contributed by atoms with Crippen LogP contribution in [0.25, 0.3) is 0 Å². The van der Waals surface area contributed by atoms with Gasteiger partial charge in [-0.05, 0) is 42.7 Å². The van der Waals surface area contributed by atoms with Crippen molar-refractivity contribution in [3.05, 3.63) is 29.8 Å². The van der Waals surface area contributed by atoms with Crippen molar-refractivity contribution in [3.63, 3.8) is 0 Å². The van der Waals surface area contributed by atoms with E-state index in [4.69, 9.17) is 10.00 Å². The monoisotopic (exact) mass is 207 g/mol. The fourth-order valence-electron chi connectivity index (χ4n) is 1.02. The highest BCUT2D eigenvalue weighted by Crippen LogP contribution is 2.11. The Kier molecular flexibility index (Phi) is 4.95. The van der Waals surface area contributed by atoms with Crippen LogP contribution in [0.4, 0.5) is 0 Å². The second-order valence-corrected chi connectivity index (χ2v) is 3.82. The molecule has 0 aliphatic heterocycles. The Hall–Kier alpha value is -1.14. The highest BCUT2D eigenvalue weighted by molar-refractivity contribution is 7.98. The lowest BCUT2D eigenvalue weighted by Crippen LogP contribution is -1.98. The van der Waals surface area contributed by atoms with E-state index < -0.39 is 0 Å². The van der Waals surface area contributed by atoms with Crippen LogP contribution in [-0.4, -0.2) is 18.6 Å². The summed E-state index contributed by atoms with van der Waals surface area (Å²) in [7, 11) is 0. The van der Waals surface area contributed by atoms with Gasteiger partial charge in [-0.15, -0.1) is 0 Å². The average Bonchev–Trinajstić information content (AvgIpc) is 2.25. The number of thioether (sulfide) groups is 1. The number of hydrogen-bond acceptors (Lipinski definition) is 3. The minimum Gasteiger partial charge on any atom is -0.494 e. The van der Waals surface area contributed by atoms with Gasteiger partial charge in [0.15, 0.2) is 0 Å². The molecule has 0 saturated carbocycles. The lowest BCUT2D eigenvalue weighted by atomic mass is 10.2.